The average molecular weight is 327 g/mol. The monoisotopic (exact) mass is 327 g/mol. The zero-order valence-corrected chi connectivity index (χ0v) is 14.0. The molecule has 2 N–H and O–H groups in total. The fourth-order valence-electron chi connectivity index (χ4n) is 2.68. The predicted molar refractivity (Wildman–Crippen MR) is 96.0 cm³/mol. The Balaban J connectivity index is 2.22. The summed E-state index contributed by atoms with van der Waals surface area (Å²) in [6.45, 7) is 4.76. The topological polar surface area (TPSA) is 43.8 Å². The maximum Gasteiger partial charge on any atom is 0.141 e. The Labute approximate surface area is 139 Å². The van der Waals surface area contributed by atoms with Crippen LogP contribution in [0.2, 0.25) is 0 Å². The van der Waals surface area contributed by atoms with E-state index in [1.165, 1.54) is 23.3 Å². The fraction of sp³-hybridized carbons (Fsp3) is 0.222. The van der Waals surface area contributed by atoms with Crippen LogP contribution in [0.15, 0.2) is 36.4 Å². The number of fused-ring (bicyclic) bond motifs is 1. The number of benzene rings is 2. The van der Waals surface area contributed by atoms with E-state index in [0.29, 0.717) is 18.0 Å². The van der Waals surface area contributed by atoms with Gasteiger partial charge in [0.25, 0.3) is 0 Å². The first-order valence-corrected chi connectivity index (χ1v) is 7.88. The van der Waals surface area contributed by atoms with Gasteiger partial charge in [0, 0.05) is 18.5 Å². The quantitative estimate of drug-likeness (QED) is 0.733. The third-order valence-electron chi connectivity index (χ3n) is 4.03. The predicted octanol–water partition coefficient (Wildman–Crippen LogP) is 4.14. The summed E-state index contributed by atoms with van der Waals surface area (Å²) in [4.78, 5) is 5.18. The number of thiocarbonyl (C=S) groups is 1. The Kier molecular flexibility index (Phi) is 4.13. The minimum absolute atomic E-state index is 0.275. The third-order valence-corrected chi connectivity index (χ3v) is 4.23. The summed E-state index contributed by atoms with van der Waals surface area (Å²) < 4.78 is 15.7. The summed E-state index contributed by atoms with van der Waals surface area (Å²) in [6, 6.07) is 10.7. The van der Waals surface area contributed by atoms with Crippen LogP contribution >= 0.6 is 12.2 Å². The van der Waals surface area contributed by atoms with Crippen LogP contribution in [-0.4, -0.2) is 14.5 Å². The van der Waals surface area contributed by atoms with Gasteiger partial charge in [0.15, 0.2) is 0 Å². The summed E-state index contributed by atoms with van der Waals surface area (Å²) in [5, 5.41) is 0. The van der Waals surface area contributed by atoms with Crippen LogP contribution in [0, 0.1) is 19.7 Å². The van der Waals surface area contributed by atoms with Crippen molar-refractivity contribution in [3.05, 3.63) is 53.3 Å². The summed E-state index contributed by atoms with van der Waals surface area (Å²) in [6.07, 6.45) is 0.579. The highest BCUT2D eigenvalue weighted by Crippen LogP contribution is 2.27. The van der Waals surface area contributed by atoms with Gasteiger partial charge < -0.3 is 10.3 Å². The lowest BCUT2D eigenvalue weighted by atomic mass is 10.1. The number of halogens is 1. The molecule has 3 aromatic rings. The first kappa shape index (κ1) is 15.6. The maximum absolute atomic E-state index is 13.6. The minimum atomic E-state index is -0.275. The van der Waals surface area contributed by atoms with Crippen molar-refractivity contribution < 1.29 is 4.39 Å². The van der Waals surface area contributed by atoms with E-state index in [1.807, 2.05) is 6.07 Å². The second-order valence-corrected chi connectivity index (χ2v) is 6.26. The van der Waals surface area contributed by atoms with Crippen LogP contribution in [0.3, 0.4) is 0 Å². The van der Waals surface area contributed by atoms with Gasteiger partial charge in [0.2, 0.25) is 0 Å². The largest absolute Gasteiger partial charge is 0.393 e. The van der Waals surface area contributed by atoms with Crippen LogP contribution in [0.1, 0.15) is 17.5 Å². The minimum Gasteiger partial charge on any atom is -0.393 e. The van der Waals surface area contributed by atoms with Gasteiger partial charge in [-0.3, -0.25) is 0 Å². The molecule has 1 aromatic heterocycles. The molecule has 0 aliphatic carbocycles. The number of aryl methyl sites for hydroxylation is 3. The van der Waals surface area contributed by atoms with Gasteiger partial charge in [-0.15, -0.1) is 0 Å². The van der Waals surface area contributed by atoms with E-state index in [-0.39, 0.29) is 5.82 Å². The Morgan fingerprint density at radius 1 is 1.22 bits per heavy atom. The molecule has 0 aliphatic heterocycles. The van der Waals surface area contributed by atoms with Gasteiger partial charge in [-0.05, 0) is 49.2 Å². The molecule has 5 heteroatoms. The summed E-state index contributed by atoms with van der Waals surface area (Å²) in [7, 11) is 0. The molecular weight excluding hydrogens is 309 g/mol. The molecule has 0 saturated carbocycles. The van der Waals surface area contributed by atoms with Crippen molar-refractivity contribution in [2.24, 2.45) is 5.73 Å². The Bertz CT molecular complexity index is 899. The van der Waals surface area contributed by atoms with Crippen molar-refractivity contribution >= 4 is 28.2 Å². The van der Waals surface area contributed by atoms with Crippen LogP contribution in [0.5, 0.6) is 0 Å². The summed E-state index contributed by atoms with van der Waals surface area (Å²) in [5.74, 6) is 0.462. The summed E-state index contributed by atoms with van der Waals surface area (Å²) in [5.41, 5.74) is 10.7. The van der Waals surface area contributed by atoms with Gasteiger partial charge in [-0.1, -0.05) is 24.4 Å². The normalized spacial score (nSPS) is 11.1. The number of aromatic nitrogens is 2. The number of nitrogens with two attached hydrogens (primary N) is 1. The van der Waals surface area contributed by atoms with Crippen molar-refractivity contribution in [3.63, 3.8) is 0 Å². The van der Waals surface area contributed by atoms with Crippen molar-refractivity contribution in [3.8, 4) is 11.4 Å². The highest BCUT2D eigenvalue weighted by molar-refractivity contribution is 7.80. The molecular formula is C18H18FN3S. The first-order valence-electron chi connectivity index (χ1n) is 7.47. The number of hydrogen-bond donors (Lipinski definition) is 1. The van der Waals surface area contributed by atoms with Crippen LogP contribution < -0.4 is 5.73 Å². The lowest BCUT2D eigenvalue weighted by Crippen LogP contribution is -2.12. The summed E-state index contributed by atoms with van der Waals surface area (Å²) >= 11 is 5.00. The highest BCUT2D eigenvalue weighted by Gasteiger charge is 2.14. The van der Waals surface area contributed by atoms with Crippen LogP contribution in [0.4, 0.5) is 4.39 Å². The maximum atomic E-state index is 13.6. The standard InChI is InChI=1S/C18H18FN3S/c1-11-8-15-16(9-12(11)2)22(7-6-17(20)23)18(21-15)13-4-3-5-14(19)10-13/h3-5,8-10H,6-7H2,1-2H3,(H2,20,23). The van der Waals surface area contributed by atoms with Crippen molar-refractivity contribution in [2.45, 2.75) is 26.8 Å². The van der Waals surface area contributed by atoms with Crippen LogP contribution in [0.25, 0.3) is 22.4 Å². The zero-order chi connectivity index (χ0) is 16.6. The molecule has 1 heterocycles. The van der Waals surface area contributed by atoms with E-state index in [4.69, 9.17) is 22.9 Å². The van der Waals surface area contributed by atoms with Gasteiger partial charge in [0.05, 0.1) is 16.0 Å². The molecule has 0 radical (unpaired) electrons. The Morgan fingerprint density at radius 3 is 2.65 bits per heavy atom. The Morgan fingerprint density at radius 2 is 1.96 bits per heavy atom. The van der Waals surface area contributed by atoms with E-state index in [1.54, 1.807) is 6.07 Å². The smallest absolute Gasteiger partial charge is 0.141 e. The molecule has 118 valence electrons. The molecule has 23 heavy (non-hydrogen) atoms. The van der Waals surface area contributed by atoms with Gasteiger partial charge >= 0.3 is 0 Å². The van der Waals surface area contributed by atoms with Crippen molar-refractivity contribution in [1.29, 1.82) is 0 Å². The highest BCUT2D eigenvalue weighted by atomic mass is 32.1. The van der Waals surface area contributed by atoms with E-state index < -0.39 is 0 Å². The van der Waals surface area contributed by atoms with Gasteiger partial charge in [-0.2, -0.15) is 0 Å². The molecule has 0 spiro atoms. The number of rotatable bonds is 4. The van der Waals surface area contributed by atoms with Crippen molar-refractivity contribution in [1.82, 2.24) is 9.55 Å². The molecule has 3 rings (SSSR count). The second kappa shape index (κ2) is 6.08. The molecule has 0 fully saturated rings. The number of nitrogens with zero attached hydrogens (tertiary/aromatic N) is 2. The SMILES string of the molecule is Cc1cc2nc(-c3cccc(F)c3)n(CCC(N)=S)c2cc1C. The third kappa shape index (κ3) is 3.10. The molecule has 0 bridgehead atoms. The molecule has 0 saturated heterocycles. The zero-order valence-electron chi connectivity index (χ0n) is 13.1. The molecule has 0 aliphatic rings. The Hall–Kier alpha value is -2.27. The van der Waals surface area contributed by atoms with E-state index >= 15 is 0 Å². The average Bonchev–Trinajstić information content (AvgIpc) is 2.83. The lowest BCUT2D eigenvalue weighted by molar-refractivity contribution is 0.628. The number of hydrogen-bond acceptors (Lipinski definition) is 2. The van der Waals surface area contributed by atoms with E-state index in [0.717, 1.165) is 22.4 Å². The van der Waals surface area contributed by atoms with E-state index in [9.17, 15) is 4.39 Å². The van der Waals surface area contributed by atoms with Crippen LogP contribution in [-0.2, 0) is 6.54 Å². The van der Waals surface area contributed by atoms with E-state index in [2.05, 4.69) is 30.5 Å². The molecule has 3 nitrogen and oxygen atoms in total. The number of imidazole rings is 1. The molecule has 0 unspecified atom stereocenters. The molecule has 0 amide bonds. The molecule has 0 atom stereocenters. The van der Waals surface area contributed by atoms with Gasteiger partial charge in [0.1, 0.15) is 11.6 Å². The fourth-order valence-corrected chi connectivity index (χ4v) is 2.77. The lowest BCUT2D eigenvalue weighted by Gasteiger charge is -2.09. The molecule has 2 aromatic carbocycles. The first-order chi connectivity index (χ1) is 11.0. The second-order valence-electron chi connectivity index (χ2n) is 5.74. The van der Waals surface area contributed by atoms with Gasteiger partial charge in [-0.25, -0.2) is 9.37 Å². The van der Waals surface area contributed by atoms with Crippen molar-refractivity contribution in [2.75, 3.05) is 0 Å².